The summed E-state index contributed by atoms with van der Waals surface area (Å²) in [6, 6.07) is 8.39. The molecule has 2 aromatic rings. The molecule has 0 heterocycles. The van der Waals surface area contributed by atoms with Gasteiger partial charge in [-0.15, -0.1) is 0 Å². The zero-order chi connectivity index (χ0) is 11.0. The third-order valence-electron chi connectivity index (χ3n) is 2.15. The van der Waals surface area contributed by atoms with Gasteiger partial charge in [-0.2, -0.15) is 0 Å². The maximum atomic E-state index is 10.8. The number of carboxylic acids is 1. The van der Waals surface area contributed by atoms with Gasteiger partial charge in [-0.05, 0) is 23.6 Å². The van der Waals surface area contributed by atoms with Gasteiger partial charge in [-0.1, -0.05) is 35.3 Å². The number of halogens is 2. The molecule has 0 aliphatic heterocycles. The average molecular weight is 241 g/mol. The van der Waals surface area contributed by atoms with Gasteiger partial charge >= 0.3 is 5.97 Å². The van der Waals surface area contributed by atoms with E-state index in [1.807, 2.05) is 0 Å². The lowest BCUT2D eigenvalue weighted by Crippen LogP contribution is -1.97. The van der Waals surface area contributed by atoms with Gasteiger partial charge < -0.3 is 5.11 Å². The lowest BCUT2D eigenvalue weighted by Gasteiger charge is -2.04. The van der Waals surface area contributed by atoms with E-state index in [1.165, 1.54) is 6.07 Å². The molecule has 76 valence electrons. The molecule has 1 N–H and O–H groups in total. The maximum Gasteiger partial charge on any atom is 0.337 e. The molecule has 0 saturated heterocycles. The van der Waals surface area contributed by atoms with Crippen LogP contribution in [0.3, 0.4) is 0 Å². The Morgan fingerprint density at radius 2 is 1.87 bits per heavy atom. The highest BCUT2D eigenvalue weighted by Gasteiger charge is 2.10. The van der Waals surface area contributed by atoms with E-state index in [4.69, 9.17) is 28.3 Å². The fourth-order valence-electron chi connectivity index (χ4n) is 1.42. The third kappa shape index (κ3) is 1.78. The van der Waals surface area contributed by atoms with Crippen molar-refractivity contribution in [2.75, 3.05) is 0 Å². The maximum absolute atomic E-state index is 10.8. The first-order valence-electron chi connectivity index (χ1n) is 4.20. The summed E-state index contributed by atoms with van der Waals surface area (Å²) in [7, 11) is 0. The van der Waals surface area contributed by atoms with E-state index in [1.54, 1.807) is 24.3 Å². The van der Waals surface area contributed by atoms with Gasteiger partial charge in [0.2, 0.25) is 0 Å². The minimum atomic E-state index is -1.04. The van der Waals surface area contributed by atoms with Crippen molar-refractivity contribution < 1.29 is 9.90 Å². The number of hydrogen-bond donors (Lipinski definition) is 1. The Morgan fingerprint density at radius 3 is 2.53 bits per heavy atom. The number of hydrogen-bond acceptors (Lipinski definition) is 1. The predicted molar refractivity (Wildman–Crippen MR) is 60.9 cm³/mol. The van der Waals surface area contributed by atoms with Crippen LogP contribution in [-0.4, -0.2) is 11.1 Å². The minimum Gasteiger partial charge on any atom is -0.478 e. The standard InChI is InChI=1S/C11H6Cl2O2/c12-9-3-1-2-6-4-8(11(14)15)10(13)5-7(6)9/h1-5H,(H,14,15). The first kappa shape index (κ1) is 10.3. The van der Waals surface area contributed by atoms with Gasteiger partial charge in [-0.25, -0.2) is 4.79 Å². The zero-order valence-corrected chi connectivity index (χ0v) is 9.01. The van der Waals surface area contributed by atoms with Crippen LogP contribution in [0.4, 0.5) is 0 Å². The molecule has 4 heteroatoms. The zero-order valence-electron chi connectivity index (χ0n) is 7.50. The molecule has 0 saturated carbocycles. The van der Waals surface area contributed by atoms with Crippen LogP contribution < -0.4 is 0 Å². The van der Waals surface area contributed by atoms with E-state index >= 15 is 0 Å². The molecule has 15 heavy (non-hydrogen) atoms. The summed E-state index contributed by atoms with van der Waals surface area (Å²) >= 11 is 11.8. The monoisotopic (exact) mass is 240 g/mol. The van der Waals surface area contributed by atoms with Crippen molar-refractivity contribution in [3.63, 3.8) is 0 Å². The summed E-state index contributed by atoms with van der Waals surface area (Å²) in [5.41, 5.74) is 0.0893. The summed E-state index contributed by atoms with van der Waals surface area (Å²) in [4.78, 5) is 10.8. The first-order chi connectivity index (χ1) is 7.09. The molecule has 2 nitrogen and oxygen atoms in total. The molecule has 0 aliphatic carbocycles. The average Bonchev–Trinajstić information content (AvgIpc) is 2.18. The van der Waals surface area contributed by atoms with Crippen LogP contribution in [0.5, 0.6) is 0 Å². The van der Waals surface area contributed by atoms with Crippen molar-refractivity contribution in [2.45, 2.75) is 0 Å². The largest absolute Gasteiger partial charge is 0.478 e. The fraction of sp³-hybridized carbons (Fsp3) is 0. The van der Waals surface area contributed by atoms with Gasteiger partial charge in [0.1, 0.15) is 0 Å². The Morgan fingerprint density at radius 1 is 1.13 bits per heavy atom. The van der Waals surface area contributed by atoms with E-state index in [0.717, 1.165) is 10.8 Å². The topological polar surface area (TPSA) is 37.3 Å². The Hall–Kier alpha value is -1.25. The van der Waals surface area contributed by atoms with Gasteiger partial charge in [0.25, 0.3) is 0 Å². The lowest BCUT2D eigenvalue weighted by atomic mass is 10.1. The van der Waals surface area contributed by atoms with Gasteiger partial charge in [0.15, 0.2) is 0 Å². The molecule has 0 amide bonds. The number of aromatic carboxylic acids is 1. The van der Waals surface area contributed by atoms with E-state index in [0.29, 0.717) is 5.02 Å². The van der Waals surface area contributed by atoms with Crippen LogP contribution in [0, 0.1) is 0 Å². The molecule has 0 unspecified atom stereocenters. The van der Waals surface area contributed by atoms with Crippen molar-refractivity contribution in [3.05, 3.63) is 45.9 Å². The van der Waals surface area contributed by atoms with E-state index in [9.17, 15) is 4.79 Å². The fourth-order valence-corrected chi connectivity index (χ4v) is 1.91. The van der Waals surface area contributed by atoms with Crippen LogP contribution in [-0.2, 0) is 0 Å². The summed E-state index contributed by atoms with van der Waals surface area (Å²) in [6.45, 7) is 0. The summed E-state index contributed by atoms with van der Waals surface area (Å²) in [5, 5.41) is 11.2. The smallest absolute Gasteiger partial charge is 0.337 e. The molecule has 0 atom stereocenters. The Bertz CT molecular complexity index is 550. The molecule has 0 fully saturated rings. The molecule has 0 spiro atoms. The Balaban J connectivity index is 2.82. The van der Waals surface area contributed by atoms with Crippen molar-refractivity contribution in [1.82, 2.24) is 0 Å². The summed E-state index contributed by atoms with van der Waals surface area (Å²) in [5.74, 6) is -1.04. The molecule has 0 aliphatic rings. The normalized spacial score (nSPS) is 10.5. The third-order valence-corrected chi connectivity index (χ3v) is 2.79. The second-order valence-electron chi connectivity index (χ2n) is 3.10. The van der Waals surface area contributed by atoms with Crippen molar-refractivity contribution in [1.29, 1.82) is 0 Å². The van der Waals surface area contributed by atoms with Crippen LogP contribution >= 0.6 is 23.2 Å². The number of carboxylic acid groups (broad SMARTS) is 1. The van der Waals surface area contributed by atoms with E-state index in [-0.39, 0.29) is 10.6 Å². The van der Waals surface area contributed by atoms with Crippen LogP contribution in [0.15, 0.2) is 30.3 Å². The van der Waals surface area contributed by atoms with Crippen LogP contribution in [0.1, 0.15) is 10.4 Å². The van der Waals surface area contributed by atoms with Gasteiger partial charge in [0.05, 0.1) is 10.6 Å². The second-order valence-corrected chi connectivity index (χ2v) is 3.91. The van der Waals surface area contributed by atoms with Gasteiger partial charge in [0, 0.05) is 10.4 Å². The predicted octanol–water partition coefficient (Wildman–Crippen LogP) is 3.84. The van der Waals surface area contributed by atoms with Crippen molar-refractivity contribution in [3.8, 4) is 0 Å². The quantitative estimate of drug-likeness (QED) is 0.823. The number of fused-ring (bicyclic) bond motifs is 1. The molecule has 2 aromatic carbocycles. The first-order valence-corrected chi connectivity index (χ1v) is 4.96. The van der Waals surface area contributed by atoms with Crippen molar-refractivity contribution in [2.24, 2.45) is 0 Å². The Kier molecular flexibility index (Phi) is 2.55. The summed E-state index contributed by atoms with van der Waals surface area (Å²) in [6.07, 6.45) is 0. The highest BCUT2D eigenvalue weighted by atomic mass is 35.5. The Labute approximate surface area is 96.0 Å². The lowest BCUT2D eigenvalue weighted by molar-refractivity contribution is 0.0697. The van der Waals surface area contributed by atoms with E-state index < -0.39 is 5.97 Å². The van der Waals surface area contributed by atoms with E-state index in [2.05, 4.69) is 0 Å². The molecular formula is C11H6Cl2O2. The van der Waals surface area contributed by atoms with Crippen LogP contribution in [0.25, 0.3) is 10.8 Å². The number of rotatable bonds is 1. The molecule has 0 bridgehead atoms. The molecule has 0 aromatic heterocycles. The second kappa shape index (κ2) is 3.72. The minimum absolute atomic E-state index is 0.0893. The molecule has 2 rings (SSSR count). The molecule has 0 radical (unpaired) electrons. The highest BCUT2D eigenvalue weighted by molar-refractivity contribution is 6.38. The van der Waals surface area contributed by atoms with Crippen LogP contribution in [0.2, 0.25) is 10.0 Å². The van der Waals surface area contributed by atoms with Gasteiger partial charge in [-0.3, -0.25) is 0 Å². The SMILES string of the molecule is O=C(O)c1cc2cccc(Cl)c2cc1Cl. The molecular weight excluding hydrogens is 235 g/mol. The summed E-state index contributed by atoms with van der Waals surface area (Å²) < 4.78 is 0. The number of carbonyl (C=O) groups is 1. The van der Waals surface area contributed by atoms with Crippen molar-refractivity contribution >= 4 is 39.9 Å². The highest BCUT2D eigenvalue weighted by Crippen LogP contribution is 2.29. The number of benzene rings is 2.